The third-order valence-corrected chi connectivity index (χ3v) is 12.1. The first-order valence-corrected chi connectivity index (χ1v) is 22.7. The maximum Gasteiger partial charge on any atom is 0.481 e. The molecule has 10 N–H and O–H groups in total. The summed E-state index contributed by atoms with van der Waals surface area (Å²) in [5, 5.41) is 26.4. The van der Waals surface area contributed by atoms with Gasteiger partial charge in [0.15, 0.2) is 22.8 Å². The smallest absolute Gasteiger partial charge is 0.386 e. The number of ether oxygens (including phenoxy) is 1. The zero-order valence-corrected chi connectivity index (χ0v) is 34.4. The molecular weight excluding hydrogens is 843 g/mol. The molecule has 0 saturated carbocycles. The fourth-order valence-corrected chi connectivity index (χ4v) is 8.65. The zero-order chi connectivity index (χ0) is 42.6. The lowest BCUT2D eigenvalue weighted by Crippen LogP contribution is -2.46. The number of carbonyl (C=O) groups excluding carboxylic acids is 3. The highest BCUT2D eigenvalue weighted by atomic mass is 32.2. The van der Waals surface area contributed by atoms with Crippen LogP contribution in [0.3, 0.4) is 0 Å². The number of phosphoric ester groups is 3. The number of phosphoric acid groups is 3. The van der Waals surface area contributed by atoms with Crippen LogP contribution >= 0.6 is 35.2 Å². The van der Waals surface area contributed by atoms with Crippen molar-refractivity contribution in [1.82, 2.24) is 30.2 Å². The van der Waals surface area contributed by atoms with Crippen molar-refractivity contribution < 1.29 is 80.5 Å². The van der Waals surface area contributed by atoms with Gasteiger partial charge in [0.25, 0.3) is 0 Å². The SMILES string of the molecule is C=CCCCCCC(=O)SCCNC(=O)CCNC(=O)[C@H](O)C(C)(C)COP(=O)(O)OP(=O)(O)OC[C@H]1O[C@@H](n2cnc3c(N)ncnc32)[C@H](O)[C@@H]1OP(=O)(O)O. The van der Waals surface area contributed by atoms with Crippen LogP contribution < -0.4 is 16.4 Å². The highest BCUT2D eigenvalue weighted by molar-refractivity contribution is 8.13. The topological polar surface area (TPSA) is 364 Å². The minimum absolute atomic E-state index is 0.0276. The molecule has 0 bridgehead atoms. The van der Waals surface area contributed by atoms with Crippen LogP contribution in [0.1, 0.15) is 58.6 Å². The number of nitrogen functional groups attached to an aromatic ring is 1. The summed E-state index contributed by atoms with van der Waals surface area (Å²) in [6.45, 7) is 4.18. The largest absolute Gasteiger partial charge is 0.481 e. The molecule has 0 spiro atoms. The second kappa shape index (κ2) is 21.5. The van der Waals surface area contributed by atoms with E-state index >= 15 is 0 Å². The van der Waals surface area contributed by atoms with Crippen molar-refractivity contribution in [3.8, 4) is 0 Å². The summed E-state index contributed by atoms with van der Waals surface area (Å²) in [5.74, 6) is -1.07. The summed E-state index contributed by atoms with van der Waals surface area (Å²) in [7, 11) is -16.4. The first-order chi connectivity index (χ1) is 26.6. The molecule has 1 fully saturated rings. The van der Waals surface area contributed by atoms with Crippen LogP contribution in [0.5, 0.6) is 0 Å². The van der Waals surface area contributed by atoms with E-state index in [4.69, 9.17) is 19.5 Å². The van der Waals surface area contributed by atoms with Gasteiger partial charge in [-0.3, -0.25) is 32.5 Å². The summed E-state index contributed by atoms with van der Waals surface area (Å²) < 4.78 is 62.1. The quantitative estimate of drug-likeness (QED) is 0.0378. The van der Waals surface area contributed by atoms with Gasteiger partial charge in [-0.15, -0.1) is 6.58 Å². The molecule has 24 nitrogen and oxygen atoms in total. The summed E-state index contributed by atoms with van der Waals surface area (Å²) in [5.41, 5.74) is 4.27. The van der Waals surface area contributed by atoms with Crippen LogP contribution in [0.15, 0.2) is 25.3 Å². The monoisotopic (exact) mass is 891 g/mol. The highest BCUT2D eigenvalue weighted by Gasteiger charge is 2.50. The molecule has 0 aromatic carbocycles. The number of hydrogen-bond donors (Lipinski definition) is 9. The minimum atomic E-state index is -5.57. The number of nitrogens with zero attached hydrogens (tertiary/aromatic N) is 4. The maximum absolute atomic E-state index is 12.7. The Morgan fingerprint density at radius 1 is 1.05 bits per heavy atom. The van der Waals surface area contributed by atoms with E-state index in [0.717, 1.165) is 54.7 Å². The fourth-order valence-electron chi connectivity index (χ4n) is 5.10. The molecule has 0 radical (unpaired) electrons. The minimum Gasteiger partial charge on any atom is -0.386 e. The van der Waals surface area contributed by atoms with E-state index in [1.54, 1.807) is 0 Å². The van der Waals surface area contributed by atoms with Crippen molar-refractivity contribution in [2.45, 2.75) is 83.0 Å². The molecule has 0 aliphatic carbocycles. The molecule has 1 saturated heterocycles. The molecule has 2 amide bonds. The van der Waals surface area contributed by atoms with Crippen molar-refractivity contribution >= 4 is 69.1 Å². The number of thioether (sulfide) groups is 1. The number of imidazole rings is 1. The van der Waals surface area contributed by atoms with E-state index in [1.807, 2.05) is 6.08 Å². The molecular formula is C29H48N7O17P3S. The van der Waals surface area contributed by atoms with Crippen LogP contribution in [0.2, 0.25) is 0 Å². The first kappa shape index (κ1) is 48.7. The number of allylic oxidation sites excluding steroid dienone is 1. The van der Waals surface area contributed by atoms with Gasteiger partial charge < -0.3 is 50.9 Å². The fraction of sp³-hybridized carbons (Fsp3) is 0.655. The molecule has 7 atom stereocenters. The predicted molar refractivity (Wildman–Crippen MR) is 200 cm³/mol. The molecule has 2 unspecified atom stereocenters. The molecule has 3 rings (SSSR count). The number of unbranched alkanes of at least 4 members (excludes halogenated alkanes) is 3. The van der Waals surface area contributed by atoms with E-state index in [0.29, 0.717) is 12.2 Å². The predicted octanol–water partition coefficient (Wildman–Crippen LogP) is 0.801. The number of nitrogens with one attached hydrogen (secondary N) is 2. The van der Waals surface area contributed by atoms with Crippen molar-refractivity contribution in [1.29, 1.82) is 0 Å². The van der Waals surface area contributed by atoms with Gasteiger partial charge in [-0.2, -0.15) is 4.31 Å². The Balaban J connectivity index is 1.45. The third-order valence-electron chi connectivity index (χ3n) is 8.05. The maximum atomic E-state index is 12.7. The third kappa shape index (κ3) is 15.8. The Morgan fingerprint density at radius 3 is 2.44 bits per heavy atom. The average molecular weight is 892 g/mol. The van der Waals surface area contributed by atoms with Gasteiger partial charge in [0, 0.05) is 37.1 Å². The summed E-state index contributed by atoms with van der Waals surface area (Å²) in [6.07, 6.45) is -1.04. The summed E-state index contributed by atoms with van der Waals surface area (Å²) >= 11 is 1.11. The number of aromatic nitrogens is 4. The van der Waals surface area contributed by atoms with Gasteiger partial charge in [0.05, 0.1) is 19.5 Å². The van der Waals surface area contributed by atoms with Crippen molar-refractivity contribution in [3.05, 3.63) is 25.3 Å². The molecule has 2 aromatic heterocycles. The molecule has 3 heterocycles. The number of amides is 2. The summed E-state index contributed by atoms with van der Waals surface area (Å²) in [6, 6.07) is 0. The second-order valence-electron chi connectivity index (χ2n) is 13.2. The molecule has 1 aliphatic rings. The molecule has 2 aromatic rings. The van der Waals surface area contributed by atoms with Crippen molar-refractivity contribution in [2.75, 3.05) is 37.8 Å². The summed E-state index contributed by atoms with van der Waals surface area (Å²) in [4.78, 5) is 87.6. The second-order valence-corrected chi connectivity index (χ2v) is 18.6. The van der Waals surface area contributed by atoms with E-state index in [9.17, 15) is 57.9 Å². The van der Waals surface area contributed by atoms with Gasteiger partial charge in [-0.25, -0.2) is 28.6 Å². The Kier molecular flexibility index (Phi) is 18.4. The van der Waals surface area contributed by atoms with Crippen LogP contribution in [-0.2, 0) is 50.7 Å². The average Bonchev–Trinajstić information content (AvgIpc) is 3.68. The number of hydrogen-bond acceptors (Lipinski definition) is 18. The normalized spacial score (nSPS) is 21.4. The number of aliphatic hydroxyl groups excluding tert-OH is 2. The van der Waals surface area contributed by atoms with Crippen LogP contribution in [0, 0.1) is 5.41 Å². The van der Waals surface area contributed by atoms with Gasteiger partial charge in [0.2, 0.25) is 11.8 Å². The Bertz CT molecular complexity index is 1850. The highest BCUT2D eigenvalue weighted by Crippen LogP contribution is 2.61. The number of aliphatic hydroxyl groups is 2. The molecule has 57 heavy (non-hydrogen) atoms. The lowest BCUT2D eigenvalue weighted by molar-refractivity contribution is -0.137. The number of fused-ring (bicyclic) bond motifs is 1. The number of rotatable bonds is 25. The van der Waals surface area contributed by atoms with Gasteiger partial charge >= 0.3 is 23.5 Å². The standard InChI is InChI=1S/C29H48N7O17P3S/c1-4-5-6-7-8-9-20(38)57-13-12-31-19(37)10-11-32-27(41)24(40)29(2,3)15-50-56(47,48)53-55(45,46)49-14-18-23(52-54(42,43)44)22(39)28(51-18)36-17-35-21-25(30)33-16-34-26(21)36/h4,16-18,22-24,28,39-40H,1,5-15H2,2-3H3,(H,31,37)(H,32,41)(H,45,46)(H,47,48)(H2,30,33,34)(H2,42,43,44)/t18-,22-,23-,24+,28-/m1/s1. The lowest BCUT2D eigenvalue weighted by atomic mass is 9.87. The molecule has 28 heteroatoms. The first-order valence-electron chi connectivity index (χ1n) is 17.2. The van der Waals surface area contributed by atoms with Gasteiger partial charge in [0.1, 0.15) is 36.3 Å². The van der Waals surface area contributed by atoms with Crippen molar-refractivity contribution in [3.63, 3.8) is 0 Å². The van der Waals surface area contributed by atoms with Crippen LogP contribution in [-0.4, -0.2) is 123 Å². The molecule has 1 aliphatic heterocycles. The Morgan fingerprint density at radius 2 is 1.75 bits per heavy atom. The Hall–Kier alpha value is -2.70. The van der Waals surface area contributed by atoms with Crippen LogP contribution in [0.4, 0.5) is 5.82 Å². The van der Waals surface area contributed by atoms with E-state index in [1.165, 1.54) is 13.8 Å². The lowest BCUT2D eigenvalue weighted by Gasteiger charge is -2.30. The zero-order valence-electron chi connectivity index (χ0n) is 30.9. The number of carbonyl (C=O) groups is 3. The number of nitrogens with two attached hydrogens (primary N) is 1. The van der Waals surface area contributed by atoms with E-state index in [2.05, 4.69) is 41.0 Å². The van der Waals surface area contributed by atoms with E-state index in [-0.39, 0.29) is 41.6 Å². The Labute approximate surface area is 330 Å². The van der Waals surface area contributed by atoms with Gasteiger partial charge in [-0.1, -0.05) is 38.1 Å². The number of anilines is 1. The van der Waals surface area contributed by atoms with Crippen molar-refractivity contribution in [2.24, 2.45) is 5.41 Å². The van der Waals surface area contributed by atoms with Crippen LogP contribution in [0.25, 0.3) is 11.2 Å². The van der Waals surface area contributed by atoms with Gasteiger partial charge in [-0.05, 0) is 19.3 Å². The van der Waals surface area contributed by atoms with E-state index < -0.39 is 84.6 Å². The molecule has 322 valence electrons.